The third kappa shape index (κ3) is 5.44. The molecule has 146 valence electrons. The topological polar surface area (TPSA) is 60.7 Å². The first-order valence-electron chi connectivity index (χ1n) is 8.24. The van der Waals surface area contributed by atoms with Gasteiger partial charge in [-0.3, -0.25) is 4.79 Å². The summed E-state index contributed by atoms with van der Waals surface area (Å²) in [4.78, 5) is 12.4. The summed E-state index contributed by atoms with van der Waals surface area (Å²) >= 11 is 2.20. The summed E-state index contributed by atoms with van der Waals surface area (Å²) in [7, 11) is 0. The smallest absolute Gasteiger partial charge is 0.387 e. The molecule has 2 aromatic carbocycles. The number of anilines is 1. The van der Waals surface area contributed by atoms with Crippen LogP contribution in [0.15, 0.2) is 59.0 Å². The molecule has 3 aromatic rings. The third-order valence-electron chi connectivity index (χ3n) is 3.68. The number of amides is 1. The van der Waals surface area contributed by atoms with Gasteiger partial charge >= 0.3 is 6.61 Å². The zero-order valence-electron chi connectivity index (χ0n) is 14.7. The lowest BCUT2D eigenvalue weighted by atomic mass is 10.2. The average Bonchev–Trinajstić information content (AvgIpc) is 3.12. The van der Waals surface area contributed by atoms with E-state index in [2.05, 4.69) is 32.6 Å². The number of nitrogens with one attached hydrogen (secondary N) is 1. The normalized spacial score (nSPS) is 10.8. The van der Waals surface area contributed by atoms with E-state index in [1.807, 2.05) is 24.3 Å². The zero-order valence-corrected chi connectivity index (χ0v) is 16.9. The van der Waals surface area contributed by atoms with Gasteiger partial charge in [-0.2, -0.15) is 8.78 Å². The molecule has 3 rings (SSSR count). The molecular formula is C20H16F2INO4. The van der Waals surface area contributed by atoms with E-state index < -0.39 is 12.5 Å². The van der Waals surface area contributed by atoms with Crippen LogP contribution in [0.3, 0.4) is 0 Å². The predicted octanol–water partition coefficient (Wildman–Crippen LogP) is 5.63. The highest BCUT2D eigenvalue weighted by Crippen LogP contribution is 2.28. The summed E-state index contributed by atoms with van der Waals surface area (Å²) in [6.07, 6.45) is 0. The molecule has 0 atom stereocenters. The van der Waals surface area contributed by atoms with Gasteiger partial charge in [0, 0.05) is 3.57 Å². The van der Waals surface area contributed by atoms with Gasteiger partial charge < -0.3 is 19.2 Å². The molecule has 1 aromatic heterocycles. The van der Waals surface area contributed by atoms with Crippen LogP contribution in [0.5, 0.6) is 11.5 Å². The van der Waals surface area contributed by atoms with Crippen LogP contribution in [0.2, 0.25) is 0 Å². The third-order valence-corrected chi connectivity index (χ3v) is 4.40. The highest BCUT2D eigenvalue weighted by Gasteiger charge is 2.16. The van der Waals surface area contributed by atoms with Crippen LogP contribution in [0.25, 0.3) is 0 Å². The molecular weight excluding hydrogens is 483 g/mol. The molecule has 0 bridgehead atoms. The lowest BCUT2D eigenvalue weighted by Crippen LogP contribution is -2.13. The Balaban J connectivity index is 1.66. The molecule has 5 nitrogen and oxygen atoms in total. The molecule has 1 N–H and O–H groups in total. The summed E-state index contributed by atoms with van der Waals surface area (Å²) < 4.78 is 41.7. The highest BCUT2D eigenvalue weighted by atomic mass is 127. The summed E-state index contributed by atoms with van der Waals surface area (Å²) in [6, 6.07) is 15.1. The lowest BCUT2D eigenvalue weighted by molar-refractivity contribution is -0.0493. The van der Waals surface area contributed by atoms with Crippen molar-refractivity contribution in [2.24, 2.45) is 0 Å². The van der Waals surface area contributed by atoms with Gasteiger partial charge in [0.2, 0.25) is 0 Å². The molecule has 0 aliphatic heterocycles. The first-order chi connectivity index (χ1) is 13.4. The summed E-state index contributed by atoms with van der Waals surface area (Å²) in [5, 5.41) is 2.53. The summed E-state index contributed by atoms with van der Waals surface area (Å²) in [6.45, 7) is -1.07. The van der Waals surface area contributed by atoms with Crippen molar-refractivity contribution in [2.45, 2.75) is 20.1 Å². The van der Waals surface area contributed by atoms with Crippen molar-refractivity contribution in [3.63, 3.8) is 0 Å². The second kappa shape index (κ2) is 9.05. The number of halogens is 3. The molecule has 1 heterocycles. The highest BCUT2D eigenvalue weighted by molar-refractivity contribution is 14.1. The molecule has 0 aliphatic carbocycles. The van der Waals surface area contributed by atoms with Crippen molar-refractivity contribution in [2.75, 3.05) is 5.32 Å². The molecule has 0 saturated heterocycles. The predicted molar refractivity (Wildman–Crippen MR) is 108 cm³/mol. The van der Waals surface area contributed by atoms with Gasteiger partial charge in [-0.25, -0.2) is 0 Å². The van der Waals surface area contributed by atoms with E-state index in [1.54, 1.807) is 25.1 Å². The van der Waals surface area contributed by atoms with Crippen molar-refractivity contribution >= 4 is 34.2 Å². The Kier molecular flexibility index (Phi) is 6.50. The van der Waals surface area contributed by atoms with Gasteiger partial charge in [0.25, 0.3) is 5.91 Å². The van der Waals surface area contributed by atoms with Crippen LogP contribution < -0.4 is 14.8 Å². The van der Waals surface area contributed by atoms with E-state index in [0.717, 1.165) is 9.13 Å². The second-order valence-electron chi connectivity index (χ2n) is 5.84. The number of alkyl halides is 2. The Morgan fingerprint density at radius 1 is 1.14 bits per heavy atom. The van der Waals surface area contributed by atoms with Crippen molar-refractivity contribution < 1.29 is 27.5 Å². The molecule has 0 aliphatic rings. The molecule has 1 amide bonds. The molecule has 0 radical (unpaired) electrons. The number of carbonyl (C=O) groups excluding carboxylic acids is 1. The number of benzene rings is 2. The Labute approximate surface area is 173 Å². The Bertz CT molecular complexity index is 957. The fraction of sp³-hybridized carbons (Fsp3) is 0.150. The largest absolute Gasteiger partial charge is 0.486 e. The fourth-order valence-corrected chi connectivity index (χ4v) is 2.75. The van der Waals surface area contributed by atoms with Crippen molar-refractivity contribution in [3.05, 3.63) is 75.3 Å². The quantitative estimate of drug-likeness (QED) is 0.429. The van der Waals surface area contributed by atoms with Crippen LogP contribution in [0.1, 0.15) is 21.9 Å². The monoisotopic (exact) mass is 499 g/mol. The number of hydrogen-bond acceptors (Lipinski definition) is 4. The minimum Gasteiger partial charge on any atom is -0.486 e. The number of ether oxygens (including phenoxy) is 2. The number of aryl methyl sites for hydroxylation is 1. The average molecular weight is 499 g/mol. The number of furan rings is 1. The standard InChI is InChI=1S/C20H16F2INO4/c1-12-2-8-17(28-20(21)22)16(10-12)24-19(25)18-9-7-15(27-18)11-26-14-5-3-13(23)4-6-14/h2-10,20H,11H2,1H3,(H,24,25). The van der Waals surface area contributed by atoms with E-state index in [1.165, 1.54) is 12.1 Å². The number of carbonyl (C=O) groups is 1. The maximum atomic E-state index is 12.5. The van der Waals surface area contributed by atoms with Gasteiger partial charge in [-0.15, -0.1) is 0 Å². The van der Waals surface area contributed by atoms with Crippen LogP contribution in [0.4, 0.5) is 14.5 Å². The maximum absolute atomic E-state index is 12.5. The van der Waals surface area contributed by atoms with Gasteiger partial charge in [-0.1, -0.05) is 6.07 Å². The molecule has 0 fully saturated rings. The van der Waals surface area contributed by atoms with Crippen LogP contribution in [-0.4, -0.2) is 12.5 Å². The van der Waals surface area contributed by atoms with E-state index in [9.17, 15) is 13.6 Å². The van der Waals surface area contributed by atoms with Gasteiger partial charge in [0.05, 0.1) is 5.69 Å². The summed E-state index contributed by atoms with van der Waals surface area (Å²) in [5.41, 5.74) is 0.918. The van der Waals surface area contributed by atoms with Crippen molar-refractivity contribution in [1.29, 1.82) is 0 Å². The zero-order chi connectivity index (χ0) is 20.1. The lowest BCUT2D eigenvalue weighted by Gasteiger charge is -2.12. The van der Waals surface area contributed by atoms with Crippen molar-refractivity contribution in [1.82, 2.24) is 0 Å². The molecule has 28 heavy (non-hydrogen) atoms. The number of hydrogen-bond donors (Lipinski definition) is 1. The van der Waals surface area contributed by atoms with E-state index in [-0.39, 0.29) is 23.8 Å². The van der Waals surface area contributed by atoms with Crippen LogP contribution in [0, 0.1) is 10.5 Å². The SMILES string of the molecule is Cc1ccc(OC(F)F)c(NC(=O)c2ccc(COc3ccc(I)cc3)o2)c1. The minimum absolute atomic E-state index is 0.0331. The Morgan fingerprint density at radius 3 is 2.61 bits per heavy atom. The molecule has 8 heteroatoms. The Morgan fingerprint density at radius 2 is 1.89 bits per heavy atom. The van der Waals surface area contributed by atoms with Crippen molar-refractivity contribution in [3.8, 4) is 11.5 Å². The van der Waals surface area contributed by atoms with E-state index >= 15 is 0 Å². The van der Waals surface area contributed by atoms with Gasteiger partial charge in [0.1, 0.15) is 23.9 Å². The minimum atomic E-state index is -2.99. The van der Waals surface area contributed by atoms with Gasteiger partial charge in [-0.05, 0) is 83.6 Å². The molecule has 0 spiro atoms. The first kappa shape index (κ1) is 20.1. The molecule has 0 saturated carbocycles. The second-order valence-corrected chi connectivity index (χ2v) is 7.09. The fourth-order valence-electron chi connectivity index (χ4n) is 2.39. The van der Waals surface area contributed by atoms with Gasteiger partial charge in [0.15, 0.2) is 5.76 Å². The first-order valence-corrected chi connectivity index (χ1v) is 9.32. The number of rotatable bonds is 7. The van der Waals surface area contributed by atoms with Crippen LogP contribution in [-0.2, 0) is 6.61 Å². The van der Waals surface area contributed by atoms with E-state index in [4.69, 9.17) is 9.15 Å². The van der Waals surface area contributed by atoms with Crippen LogP contribution >= 0.6 is 22.6 Å². The summed E-state index contributed by atoms with van der Waals surface area (Å²) in [5.74, 6) is 0.465. The van der Waals surface area contributed by atoms with E-state index in [0.29, 0.717) is 11.5 Å². The maximum Gasteiger partial charge on any atom is 0.387 e. The molecule has 0 unspecified atom stereocenters. The Hall–Kier alpha value is -2.62.